The highest BCUT2D eigenvalue weighted by Gasteiger charge is 2.29. The third-order valence-electron chi connectivity index (χ3n) is 5.51. The van der Waals surface area contributed by atoms with Crippen molar-refractivity contribution in [3.63, 3.8) is 0 Å². The Balaban J connectivity index is 1.73. The molecule has 0 radical (unpaired) electrons. The number of carbonyl (C=O) groups excluding carboxylic acids is 1. The molecule has 3 aromatic carbocycles. The van der Waals surface area contributed by atoms with E-state index in [4.69, 9.17) is 0 Å². The molecule has 0 saturated heterocycles. The lowest BCUT2D eigenvalue weighted by atomic mass is 10.0. The van der Waals surface area contributed by atoms with Gasteiger partial charge >= 0.3 is 0 Å². The van der Waals surface area contributed by atoms with E-state index in [1.165, 1.54) is 11.4 Å². The molecular formula is C24H24N2O3S. The van der Waals surface area contributed by atoms with Gasteiger partial charge in [-0.2, -0.15) is 0 Å². The third kappa shape index (κ3) is 3.59. The molecule has 0 bridgehead atoms. The molecule has 6 heteroatoms. The van der Waals surface area contributed by atoms with Crippen LogP contribution in [0.1, 0.15) is 27.9 Å². The van der Waals surface area contributed by atoms with Crippen LogP contribution < -0.4 is 9.21 Å². The molecular weight excluding hydrogens is 396 g/mol. The minimum atomic E-state index is -3.79. The number of anilines is 2. The second kappa shape index (κ2) is 7.95. The van der Waals surface area contributed by atoms with Crippen LogP contribution in [0.5, 0.6) is 0 Å². The van der Waals surface area contributed by atoms with Gasteiger partial charge in [-0.3, -0.25) is 9.10 Å². The lowest BCUT2D eigenvalue weighted by molar-refractivity contribution is 0.0986. The summed E-state index contributed by atoms with van der Waals surface area (Å²) in [5.74, 6) is -0.191. The van der Waals surface area contributed by atoms with Crippen LogP contribution >= 0.6 is 0 Å². The van der Waals surface area contributed by atoms with Crippen LogP contribution in [0.25, 0.3) is 0 Å². The number of fused-ring (bicyclic) bond motifs is 1. The summed E-state index contributed by atoms with van der Waals surface area (Å²) in [6, 6.07) is 21.5. The maximum Gasteiger partial charge on any atom is 0.264 e. The molecule has 0 fully saturated rings. The van der Waals surface area contributed by atoms with E-state index in [9.17, 15) is 13.2 Å². The van der Waals surface area contributed by atoms with Crippen molar-refractivity contribution in [1.29, 1.82) is 0 Å². The molecule has 0 atom stereocenters. The van der Waals surface area contributed by atoms with Gasteiger partial charge in [-0.15, -0.1) is 0 Å². The zero-order valence-corrected chi connectivity index (χ0v) is 17.9. The predicted molar refractivity (Wildman–Crippen MR) is 120 cm³/mol. The summed E-state index contributed by atoms with van der Waals surface area (Å²) in [6.07, 6.45) is 1.81. The van der Waals surface area contributed by atoms with Crippen molar-refractivity contribution in [2.24, 2.45) is 0 Å². The molecule has 0 N–H and O–H groups in total. The number of benzene rings is 3. The van der Waals surface area contributed by atoms with E-state index >= 15 is 0 Å². The second-order valence-electron chi connectivity index (χ2n) is 7.49. The van der Waals surface area contributed by atoms with Gasteiger partial charge in [-0.25, -0.2) is 8.42 Å². The van der Waals surface area contributed by atoms with E-state index < -0.39 is 10.0 Å². The molecule has 1 heterocycles. The summed E-state index contributed by atoms with van der Waals surface area (Å²) in [6.45, 7) is 2.52. The minimum Gasteiger partial charge on any atom is -0.308 e. The zero-order chi connectivity index (χ0) is 21.3. The van der Waals surface area contributed by atoms with Crippen molar-refractivity contribution >= 4 is 27.3 Å². The van der Waals surface area contributed by atoms with Gasteiger partial charge in [0.15, 0.2) is 0 Å². The maximum atomic E-state index is 13.5. The van der Waals surface area contributed by atoms with Crippen LogP contribution in [0.4, 0.5) is 11.4 Å². The number of hydrogen-bond acceptors (Lipinski definition) is 3. The Bertz CT molecular complexity index is 1190. The fourth-order valence-corrected chi connectivity index (χ4v) is 5.03. The van der Waals surface area contributed by atoms with E-state index in [0.29, 0.717) is 17.8 Å². The molecule has 4 rings (SSSR count). The first-order chi connectivity index (χ1) is 14.4. The van der Waals surface area contributed by atoms with Gasteiger partial charge in [0, 0.05) is 19.3 Å². The number of para-hydroxylation sites is 2. The van der Waals surface area contributed by atoms with Gasteiger partial charge in [0.1, 0.15) is 0 Å². The van der Waals surface area contributed by atoms with Crippen molar-refractivity contribution < 1.29 is 13.2 Å². The summed E-state index contributed by atoms with van der Waals surface area (Å²) in [7, 11) is -2.30. The van der Waals surface area contributed by atoms with Crippen molar-refractivity contribution in [2.45, 2.75) is 24.7 Å². The number of nitrogens with zero attached hydrogens (tertiary/aromatic N) is 2. The first-order valence-electron chi connectivity index (χ1n) is 9.94. The van der Waals surface area contributed by atoms with E-state index in [-0.39, 0.29) is 10.8 Å². The molecule has 1 amide bonds. The average Bonchev–Trinajstić information content (AvgIpc) is 2.78. The Morgan fingerprint density at radius 3 is 2.37 bits per heavy atom. The molecule has 154 valence electrons. The zero-order valence-electron chi connectivity index (χ0n) is 17.1. The molecule has 1 aliphatic heterocycles. The van der Waals surface area contributed by atoms with Gasteiger partial charge in [0.2, 0.25) is 0 Å². The number of carbonyl (C=O) groups is 1. The predicted octanol–water partition coefficient (Wildman–Crippen LogP) is 4.41. The van der Waals surface area contributed by atoms with Crippen LogP contribution in [0.3, 0.4) is 0 Å². The highest BCUT2D eigenvalue weighted by molar-refractivity contribution is 7.92. The monoisotopic (exact) mass is 420 g/mol. The highest BCUT2D eigenvalue weighted by Crippen LogP contribution is 2.32. The first-order valence-corrected chi connectivity index (χ1v) is 11.4. The summed E-state index contributed by atoms with van der Waals surface area (Å²) >= 11 is 0. The largest absolute Gasteiger partial charge is 0.308 e. The van der Waals surface area contributed by atoms with E-state index in [0.717, 1.165) is 29.7 Å². The van der Waals surface area contributed by atoms with Crippen LogP contribution in [-0.2, 0) is 16.4 Å². The van der Waals surface area contributed by atoms with Crippen LogP contribution in [0.15, 0.2) is 77.7 Å². The molecule has 0 aliphatic carbocycles. The molecule has 0 spiro atoms. The second-order valence-corrected chi connectivity index (χ2v) is 9.46. The molecule has 0 aromatic heterocycles. The van der Waals surface area contributed by atoms with Gasteiger partial charge in [0.25, 0.3) is 15.9 Å². The van der Waals surface area contributed by atoms with E-state index in [1.807, 2.05) is 31.2 Å². The number of hydrogen-bond donors (Lipinski definition) is 0. The Morgan fingerprint density at radius 2 is 1.60 bits per heavy atom. The Morgan fingerprint density at radius 1 is 0.933 bits per heavy atom. The number of aryl methyl sites for hydroxylation is 2. The number of rotatable bonds is 4. The summed E-state index contributed by atoms with van der Waals surface area (Å²) in [5, 5.41) is 0. The van der Waals surface area contributed by atoms with Crippen molar-refractivity contribution in [1.82, 2.24) is 0 Å². The summed E-state index contributed by atoms with van der Waals surface area (Å²) in [4.78, 5) is 15.4. The maximum absolute atomic E-state index is 13.5. The Kier molecular flexibility index (Phi) is 5.35. The average molecular weight is 421 g/mol. The minimum absolute atomic E-state index is 0.191. The van der Waals surface area contributed by atoms with E-state index in [1.54, 1.807) is 53.4 Å². The molecule has 5 nitrogen and oxygen atoms in total. The highest BCUT2D eigenvalue weighted by atomic mass is 32.2. The normalized spacial score (nSPS) is 13.6. The lowest BCUT2D eigenvalue weighted by Crippen LogP contribution is -2.37. The van der Waals surface area contributed by atoms with Crippen LogP contribution in [0.2, 0.25) is 0 Å². The SMILES string of the molecule is Cc1ccc(S(=O)(=O)N(C)c2ccccc2C(=O)N2CCCc3ccccc32)cc1. The molecule has 0 unspecified atom stereocenters. The van der Waals surface area contributed by atoms with Crippen molar-refractivity contribution in [3.05, 3.63) is 89.5 Å². The smallest absolute Gasteiger partial charge is 0.264 e. The van der Waals surface area contributed by atoms with Crippen molar-refractivity contribution in [2.75, 3.05) is 22.8 Å². The van der Waals surface area contributed by atoms with Crippen LogP contribution in [0, 0.1) is 6.92 Å². The molecule has 3 aromatic rings. The number of sulfonamides is 1. The molecule has 30 heavy (non-hydrogen) atoms. The fraction of sp³-hybridized carbons (Fsp3) is 0.208. The Labute approximate surface area is 177 Å². The van der Waals surface area contributed by atoms with Gasteiger partial charge < -0.3 is 4.90 Å². The standard InChI is InChI=1S/C24H24N2O3S/c1-18-13-15-20(16-14-18)30(28,29)25(2)23-12-6-4-10-21(23)24(27)26-17-7-9-19-8-3-5-11-22(19)26/h3-6,8,10-16H,7,9,17H2,1-2H3. The van der Waals surface area contributed by atoms with Crippen LogP contribution in [-0.4, -0.2) is 27.9 Å². The fourth-order valence-electron chi connectivity index (χ4n) is 3.82. The molecule has 1 aliphatic rings. The van der Waals surface area contributed by atoms with Gasteiger partial charge in [-0.05, 0) is 55.7 Å². The summed E-state index contributed by atoms with van der Waals surface area (Å²) in [5.41, 5.74) is 3.75. The van der Waals surface area contributed by atoms with E-state index in [2.05, 4.69) is 0 Å². The third-order valence-corrected chi connectivity index (χ3v) is 7.29. The number of amides is 1. The topological polar surface area (TPSA) is 57.7 Å². The Hall–Kier alpha value is -3.12. The summed E-state index contributed by atoms with van der Waals surface area (Å²) < 4.78 is 27.6. The lowest BCUT2D eigenvalue weighted by Gasteiger charge is -2.31. The quantitative estimate of drug-likeness (QED) is 0.628. The van der Waals surface area contributed by atoms with Crippen molar-refractivity contribution in [3.8, 4) is 0 Å². The first kappa shape index (κ1) is 20.2. The van der Waals surface area contributed by atoms with Gasteiger partial charge in [0.05, 0.1) is 16.1 Å². The molecule has 0 saturated carbocycles. The van der Waals surface area contributed by atoms with Gasteiger partial charge in [-0.1, -0.05) is 48.0 Å².